The molecule has 0 amide bonds. The number of aromatic hydroxyl groups is 1. The number of para-hydroxylation sites is 1. The highest BCUT2D eigenvalue weighted by Gasteiger charge is 2.22. The lowest BCUT2D eigenvalue weighted by molar-refractivity contribution is 0.000672. The van der Waals surface area contributed by atoms with Crippen LogP contribution in [0.4, 0.5) is 0 Å². The van der Waals surface area contributed by atoms with Crippen LogP contribution in [-0.2, 0) is 25.7 Å². The lowest BCUT2D eigenvalue weighted by atomic mass is 10.0. The van der Waals surface area contributed by atoms with Crippen LogP contribution >= 0.6 is 0 Å². The minimum atomic E-state index is -0.749. The summed E-state index contributed by atoms with van der Waals surface area (Å²) >= 11 is 0. The van der Waals surface area contributed by atoms with Gasteiger partial charge in [0, 0.05) is 0 Å². The average molecular weight is 405 g/mol. The minimum absolute atomic E-state index is 0.164. The first-order valence-corrected chi connectivity index (χ1v) is 10.9. The fourth-order valence-electron chi connectivity index (χ4n) is 3.98. The number of hydrogen-bond donors (Lipinski definition) is 1. The van der Waals surface area contributed by atoms with Gasteiger partial charge >= 0.3 is 0 Å². The Kier molecular flexibility index (Phi) is 7.40. The number of ether oxygens (including phenoxy) is 2. The number of phenols is 1. The van der Waals surface area contributed by atoms with Crippen LogP contribution in [0.3, 0.4) is 0 Å². The zero-order valence-corrected chi connectivity index (χ0v) is 18.4. The molecule has 0 heterocycles. The Morgan fingerprint density at radius 2 is 1.13 bits per heavy atom. The van der Waals surface area contributed by atoms with Gasteiger partial charge in [-0.1, -0.05) is 64.1 Å². The SMILES string of the molecule is CCc1cccc(OC(Oc2cccc(CC)c2CC)c2ccccc2O)c1CC. The lowest BCUT2D eigenvalue weighted by Crippen LogP contribution is -2.17. The zero-order valence-electron chi connectivity index (χ0n) is 18.4. The summed E-state index contributed by atoms with van der Waals surface area (Å²) in [6.45, 7) is 8.58. The fourth-order valence-corrected chi connectivity index (χ4v) is 3.98. The van der Waals surface area contributed by atoms with Gasteiger partial charge in [0.1, 0.15) is 17.2 Å². The van der Waals surface area contributed by atoms with Crippen molar-refractivity contribution in [3.05, 3.63) is 88.5 Å². The van der Waals surface area contributed by atoms with Crippen molar-refractivity contribution in [2.45, 2.75) is 59.7 Å². The third kappa shape index (κ3) is 4.62. The Morgan fingerprint density at radius 1 is 0.633 bits per heavy atom. The molecule has 0 saturated carbocycles. The Morgan fingerprint density at radius 3 is 1.57 bits per heavy atom. The summed E-state index contributed by atoms with van der Waals surface area (Å²) in [7, 11) is 0. The predicted octanol–water partition coefficient (Wildman–Crippen LogP) is 6.80. The maximum absolute atomic E-state index is 10.5. The molecular weight excluding hydrogens is 372 g/mol. The first kappa shape index (κ1) is 21.8. The van der Waals surface area contributed by atoms with Crippen LogP contribution in [0.5, 0.6) is 17.2 Å². The van der Waals surface area contributed by atoms with Crippen molar-refractivity contribution < 1.29 is 14.6 Å². The third-order valence-electron chi connectivity index (χ3n) is 5.59. The van der Waals surface area contributed by atoms with Crippen LogP contribution in [-0.4, -0.2) is 5.11 Å². The van der Waals surface area contributed by atoms with Crippen LogP contribution in [0.15, 0.2) is 60.7 Å². The van der Waals surface area contributed by atoms with E-state index >= 15 is 0 Å². The van der Waals surface area contributed by atoms with Gasteiger partial charge in [-0.3, -0.25) is 0 Å². The molecule has 0 radical (unpaired) electrons. The summed E-state index contributed by atoms with van der Waals surface area (Å²) in [5.41, 5.74) is 5.52. The van der Waals surface area contributed by atoms with Gasteiger partial charge in [0.25, 0.3) is 6.29 Å². The zero-order chi connectivity index (χ0) is 21.5. The van der Waals surface area contributed by atoms with Crippen LogP contribution in [0.25, 0.3) is 0 Å². The van der Waals surface area contributed by atoms with Gasteiger partial charge in [0.05, 0.1) is 5.56 Å². The molecule has 3 rings (SSSR count). The predicted molar refractivity (Wildman–Crippen MR) is 122 cm³/mol. The van der Waals surface area contributed by atoms with E-state index in [9.17, 15) is 5.11 Å². The maximum atomic E-state index is 10.5. The highest BCUT2D eigenvalue weighted by atomic mass is 16.7. The van der Waals surface area contributed by atoms with E-state index < -0.39 is 6.29 Å². The summed E-state index contributed by atoms with van der Waals surface area (Å²) in [6.07, 6.45) is 2.89. The quantitative estimate of drug-likeness (QED) is 0.399. The summed E-state index contributed by atoms with van der Waals surface area (Å²) in [4.78, 5) is 0. The van der Waals surface area contributed by atoms with Gasteiger partial charge in [-0.05, 0) is 72.2 Å². The molecule has 30 heavy (non-hydrogen) atoms. The second kappa shape index (κ2) is 10.2. The highest BCUT2D eigenvalue weighted by molar-refractivity contribution is 5.44. The second-order valence-electron chi connectivity index (χ2n) is 7.33. The molecule has 0 spiro atoms. The monoisotopic (exact) mass is 404 g/mol. The number of benzene rings is 3. The third-order valence-corrected chi connectivity index (χ3v) is 5.59. The molecule has 3 aromatic rings. The molecule has 3 heteroatoms. The molecule has 3 nitrogen and oxygen atoms in total. The van der Waals surface area contributed by atoms with E-state index in [1.165, 1.54) is 22.3 Å². The Balaban J connectivity index is 2.05. The van der Waals surface area contributed by atoms with E-state index in [0.717, 1.165) is 37.2 Å². The molecule has 1 N–H and O–H groups in total. The van der Waals surface area contributed by atoms with Crippen molar-refractivity contribution in [1.29, 1.82) is 0 Å². The van der Waals surface area contributed by atoms with E-state index in [-0.39, 0.29) is 5.75 Å². The molecule has 0 aliphatic rings. The van der Waals surface area contributed by atoms with Crippen molar-refractivity contribution >= 4 is 0 Å². The molecule has 0 aliphatic heterocycles. The molecule has 3 aromatic carbocycles. The summed E-state index contributed by atoms with van der Waals surface area (Å²) in [5, 5.41) is 10.5. The molecule has 0 saturated heterocycles. The Hall–Kier alpha value is -2.94. The largest absolute Gasteiger partial charge is 0.507 e. The highest BCUT2D eigenvalue weighted by Crippen LogP contribution is 2.35. The molecule has 0 fully saturated rings. The van der Waals surface area contributed by atoms with Crippen molar-refractivity contribution in [2.75, 3.05) is 0 Å². The molecule has 158 valence electrons. The summed E-state index contributed by atoms with van der Waals surface area (Å²) in [5.74, 6) is 1.77. The molecule has 0 bridgehead atoms. The summed E-state index contributed by atoms with van der Waals surface area (Å²) in [6, 6.07) is 19.5. The normalized spacial score (nSPS) is 11.0. The van der Waals surface area contributed by atoms with Crippen LogP contribution in [0.2, 0.25) is 0 Å². The topological polar surface area (TPSA) is 38.7 Å². The van der Waals surface area contributed by atoms with Crippen LogP contribution < -0.4 is 9.47 Å². The van der Waals surface area contributed by atoms with Crippen molar-refractivity contribution in [3.63, 3.8) is 0 Å². The molecular formula is C27H32O3. The van der Waals surface area contributed by atoms with Crippen molar-refractivity contribution in [1.82, 2.24) is 0 Å². The van der Waals surface area contributed by atoms with Gasteiger partial charge in [-0.2, -0.15) is 0 Å². The number of aryl methyl sites for hydroxylation is 2. The van der Waals surface area contributed by atoms with Crippen molar-refractivity contribution in [2.24, 2.45) is 0 Å². The second-order valence-corrected chi connectivity index (χ2v) is 7.33. The molecule has 0 aliphatic carbocycles. The van der Waals surface area contributed by atoms with Gasteiger partial charge in [-0.25, -0.2) is 0 Å². The molecule has 0 atom stereocenters. The van der Waals surface area contributed by atoms with Gasteiger partial charge in [0.15, 0.2) is 0 Å². The van der Waals surface area contributed by atoms with Gasteiger partial charge < -0.3 is 14.6 Å². The van der Waals surface area contributed by atoms with Crippen LogP contribution in [0.1, 0.15) is 61.8 Å². The molecule has 0 unspecified atom stereocenters. The standard InChI is InChI=1S/C27H32O3/c1-5-19-13-11-17-25(21(19)7-3)29-27(23-15-9-10-16-24(23)28)30-26-18-12-14-20(6-2)22(26)8-4/h9-18,27-28H,5-8H2,1-4H3. The first-order chi connectivity index (χ1) is 14.6. The first-order valence-electron chi connectivity index (χ1n) is 10.9. The average Bonchev–Trinajstić information content (AvgIpc) is 2.78. The maximum Gasteiger partial charge on any atom is 0.271 e. The van der Waals surface area contributed by atoms with E-state index in [4.69, 9.17) is 9.47 Å². The Bertz CT molecular complexity index is 920. The number of hydrogen-bond acceptors (Lipinski definition) is 3. The van der Waals surface area contributed by atoms with Crippen molar-refractivity contribution in [3.8, 4) is 17.2 Å². The Labute approximate surface area is 180 Å². The van der Waals surface area contributed by atoms with Gasteiger partial charge in [-0.15, -0.1) is 0 Å². The van der Waals surface area contributed by atoms with E-state index in [0.29, 0.717) is 5.56 Å². The van der Waals surface area contributed by atoms with Gasteiger partial charge in [0.2, 0.25) is 0 Å². The van der Waals surface area contributed by atoms with E-state index in [2.05, 4.69) is 39.8 Å². The fraction of sp³-hybridized carbons (Fsp3) is 0.333. The van der Waals surface area contributed by atoms with E-state index in [1.807, 2.05) is 36.4 Å². The summed E-state index contributed by atoms with van der Waals surface area (Å²) < 4.78 is 12.9. The smallest absolute Gasteiger partial charge is 0.271 e. The number of rotatable bonds is 9. The van der Waals surface area contributed by atoms with Crippen LogP contribution in [0, 0.1) is 0 Å². The molecule has 0 aromatic heterocycles. The lowest BCUT2D eigenvalue weighted by Gasteiger charge is -2.25. The number of phenolic OH excluding ortho intramolecular Hbond substituents is 1. The van der Waals surface area contributed by atoms with E-state index in [1.54, 1.807) is 12.1 Å². The minimum Gasteiger partial charge on any atom is -0.507 e.